The topological polar surface area (TPSA) is 70.7 Å². The van der Waals surface area contributed by atoms with Crippen molar-refractivity contribution in [2.75, 3.05) is 11.1 Å². The Kier molecular flexibility index (Phi) is 5.45. The fourth-order valence-corrected chi connectivity index (χ4v) is 2.82. The lowest BCUT2D eigenvalue weighted by molar-refractivity contribution is -0.113. The van der Waals surface area contributed by atoms with Crippen molar-refractivity contribution in [2.24, 2.45) is 0 Å². The second-order valence-corrected chi connectivity index (χ2v) is 6.28. The molecule has 2 N–H and O–H groups in total. The molecular weight excluding hydrogens is 339 g/mol. The number of aromatic nitrogens is 3. The van der Waals surface area contributed by atoms with Gasteiger partial charge in [-0.25, -0.2) is 9.37 Å². The molecule has 1 heterocycles. The standard InChI is InChI=1S/C18H17FN4OS/c1-2-12-7-9-13(10-8-12)17-21-18(23-22-17)25-11-16(24)20-15-6-4-3-5-14(15)19/h3-10H,2,11H2,1H3,(H,20,24)(H,21,22,23). The summed E-state index contributed by atoms with van der Waals surface area (Å²) in [6, 6.07) is 14.1. The number of rotatable bonds is 6. The van der Waals surface area contributed by atoms with E-state index in [1.807, 2.05) is 24.3 Å². The average molecular weight is 356 g/mol. The van der Waals surface area contributed by atoms with Crippen LogP contribution in [0.4, 0.5) is 10.1 Å². The smallest absolute Gasteiger partial charge is 0.234 e. The third kappa shape index (κ3) is 4.45. The monoisotopic (exact) mass is 356 g/mol. The van der Waals surface area contributed by atoms with Gasteiger partial charge in [0.05, 0.1) is 11.4 Å². The first kappa shape index (κ1) is 17.2. The van der Waals surface area contributed by atoms with E-state index in [0.717, 1.165) is 12.0 Å². The van der Waals surface area contributed by atoms with E-state index in [4.69, 9.17) is 0 Å². The number of halogens is 1. The van der Waals surface area contributed by atoms with Crippen molar-refractivity contribution < 1.29 is 9.18 Å². The van der Waals surface area contributed by atoms with Gasteiger partial charge in [0.15, 0.2) is 5.82 Å². The van der Waals surface area contributed by atoms with Gasteiger partial charge in [0.1, 0.15) is 5.82 Å². The van der Waals surface area contributed by atoms with Gasteiger partial charge in [-0.3, -0.25) is 9.89 Å². The van der Waals surface area contributed by atoms with Crippen molar-refractivity contribution in [1.29, 1.82) is 0 Å². The lowest BCUT2D eigenvalue weighted by Gasteiger charge is -2.04. The van der Waals surface area contributed by atoms with Gasteiger partial charge >= 0.3 is 0 Å². The Bertz CT molecular complexity index is 864. The fourth-order valence-electron chi connectivity index (χ4n) is 2.22. The predicted octanol–water partition coefficient (Wildman–Crippen LogP) is 3.90. The van der Waals surface area contributed by atoms with Crippen LogP contribution < -0.4 is 5.32 Å². The van der Waals surface area contributed by atoms with Crippen molar-refractivity contribution >= 4 is 23.4 Å². The summed E-state index contributed by atoms with van der Waals surface area (Å²) < 4.78 is 13.5. The fraction of sp³-hybridized carbons (Fsp3) is 0.167. The number of H-pyrrole nitrogens is 1. The van der Waals surface area contributed by atoms with Crippen LogP contribution in [0.1, 0.15) is 12.5 Å². The zero-order valence-electron chi connectivity index (χ0n) is 13.6. The van der Waals surface area contributed by atoms with Crippen molar-refractivity contribution in [3.8, 4) is 11.4 Å². The number of amides is 1. The van der Waals surface area contributed by atoms with Crippen LogP contribution in [-0.4, -0.2) is 26.8 Å². The van der Waals surface area contributed by atoms with E-state index in [-0.39, 0.29) is 17.3 Å². The molecule has 0 saturated heterocycles. The minimum Gasteiger partial charge on any atom is -0.323 e. The lowest BCUT2D eigenvalue weighted by atomic mass is 10.1. The normalized spacial score (nSPS) is 10.6. The number of carbonyl (C=O) groups is 1. The number of thioether (sulfide) groups is 1. The molecule has 0 saturated carbocycles. The Balaban J connectivity index is 1.58. The molecule has 0 aliphatic rings. The Hall–Kier alpha value is -2.67. The Labute approximate surface area is 149 Å². The number of hydrogen-bond donors (Lipinski definition) is 2. The highest BCUT2D eigenvalue weighted by atomic mass is 32.2. The maximum Gasteiger partial charge on any atom is 0.234 e. The lowest BCUT2D eigenvalue weighted by Crippen LogP contribution is -2.15. The number of benzene rings is 2. The van der Waals surface area contributed by atoms with E-state index in [2.05, 4.69) is 27.4 Å². The molecule has 0 atom stereocenters. The number of para-hydroxylation sites is 1. The molecule has 3 aromatic rings. The van der Waals surface area contributed by atoms with Crippen molar-refractivity contribution in [1.82, 2.24) is 15.2 Å². The van der Waals surface area contributed by atoms with Crippen molar-refractivity contribution in [2.45, 2.75) is 18.5 Å². The van der Waals surface area contributed by atoms with Crippen LogP contribution >= 0.6 is 11.8 Å². The zero-order chi connectivity index (χ0) is 17.6. The van der Waals surface area contributed by atoms with Crippen LogP contribution in [0.5, 0.6) is 0 Å². The second-order valence-electron chi connectivity index (χ2n) is 5.33. The van der Waals surface area contributed by atoms with Gasteiger partial charge in [-0.05, 0) is 24.1 Å². The van der Waals surface area contributed by atoms with E-state index in [1.165, 1.54) is 29.5 Å². The van der Waals surface area contributed by atoms with Gasteiger partial charge in [-0.15, -0.1) is 5.10 Å². The molecule has 0 spiro atoms. The predicted molar refractivity (Wildman–Crippen MR) is 97.0 cm³/mol. The SMILES string of the molecule is CCc1ccc(-c2nc(SCC(=O)Nc3ccccc3F)n[nH]2)cc1. The minimum atomic E-state index is -0.462. The van der Waals surface area contributed by atoms with Crippen LogP contribution in [0, 0.1) is 5.82 Å². The zero-order valence-corrected chi connectivity index (χ0v) is 14.4. The first-order valence-electron chi connectivity index (χ1n) is 7.84. The number of nitrogens with one attached hydrogen (secondary N) is 2. The molecule has 128 valence electrons. The molecule has 1 aromatic heterocycles. The molecule has 0 aliphatic heterocycles. The molecule has 0 unspecified atom stereocenters. The first-order valence-corrected chi connectivity index (χ1v) is 8.83. The van der Waals surface area contributed by atoms with Gasteiger partial charge in [0, 0.05) is 5.56 Å². The summed E-state index contributed by atoms with van der Waals surface area (Å²) >= 11 is 1.19. The van der Waals surface area contributed by atoms with Gasteiger partial charge in [0.2, 0.25) is 11.1 Å². The van der Waals surface area contributed by atoms with Crippen molar-refractivity contribution in [3.05, 3.63) is 59.9 Å². The number of aromatic amines is 1. The molecule has 7 heteroatoms. The van der Waals surface area contributed by atoms with Gasteiger partial charge in [0.25, 0.3) is 0 Å². The summed E-state index contributed by atoms with van der Waals surface area (Å²) in [6.07, 6.45) is 0.981. The second kappa shape index (κ2) is 7.94. The van der Waals surface area contributed by atoms with Gasteiger partial charge in [-0.2, -0.15) is 0 Å². The molecular formula is C18H17FN4OS. The van der Waals surface area contributed by atoms with Crippen LogP contribution in [-0.2, 0) is 11.2 Å². The molecule has 0 aliphatic carbocycles. The third-order valence-electron chi connectivity index (χ3n) is 3.58. The first-order chi connectivity index (χ1) is 12.2. The number of nitrogens with zero attached hydrogens (tertiary/aromatic N) is 2. The van der Waals surface area contributed by atoms with E-state index in [0.29, 0.717) is 11.0 Å². The van der Waals surface area contributed by atoms with Gasteiger partial charge < -0.3 is 5.32 Å². The summed E-state index contributed by atoms with van der Waals surface area (Å²) in [6.45, 7) is 2.10. The molecule has 25 heavy (non-hydrogen) atoms. The van der Waals surface area contributed by atoms with E-state index in [1.54, 1.807) is 12.1 Å². The summed E-state index contributed by atoms with van der Waals surface area (Å²) in [4.78, 5) is 16.3. The number of anilines is 1. The molecule has 1 amide bonds. The van der Waals surface area contributed by atoms with E-state index < -0.39 is 5.82 Å². The molecule has 5 nitrogen and oxygen atoms in total. The minimum absolute atomic E-state index is 0.0976. The molecule has 2 aromatic carbocycles. The van der Waals surface area contributed by atoms with Crippen LogP contribution in [0.2, 0.25) is 0 Å². The number of carbonyl (C=O) groups excluding carboxylic acids is 1. The Morgan fingerprint density at radius 1 is 1.20 bits per heavy atom. The highest BCUT2D eigenvalue weighted by Gasteiger charge is 2.10. The van der Waals surface area contributed by atoms with Crippen LogP contribution in [0.25, 0.3) is 11.4 Å². The highest BCUT2D eigenvalue weighted by molar-refractivity contribution is 7.99. The van der Waals surface area contributed by atoms with Gasteiger partial charge in [-0.1, -0.05) is 55.1 Å². The molecule has 3 rings (SSSR count). The van der Waals surface area contributed by atoms with Crippen LogP contribution in [0.15, 0.2) is 53.7 Å². The molecule has 0 bridgehead atoms. The average Bonchev–Trinajstić information content (AvgIpc) is 3.11. The Morgan fingerprint density at radius 3 is 2.68 bits per heavy atom. The quantitative estimate of drug-likeness (QED) is 0.657. The summed E-state index contributed by atoms with van der Waals surface area (Å²) in [5.74, 6) is -0.0228. The van der Waals surface area contributed by atoms with Crippen molar-refractivity contribution in [3.63, 3.8) is 0 Å². The van der Waals surface area contributed by atoms with E-state index in [9.17, 15) is 9.18 Å². The summed E-state index contributed by atoms with van der Waals surface area (Å²) in [5, 5.41) is 9.97. The molecule has 0 fully saturated rings. The maximum absolute atomic E-state index is 13.5. The number of aryl methyl sites for hydroxylation is 1. The summed E-state index contributed by atoms with van der Waals surface area (Å²) in [7, 11) is 0. The largest absolute Gasteiger partial charge is 0.323 e. The summed E-state index contributed by atoms with van der Waals surface area (Å²) in [5.41, 5.74) is 2.36. The maximum atomic E-state index is 13.5. The Morgan fingerprint density at radius 2 is 1.96 bits per heavy atom. The highest BCUT2D eigenvalue weighted by Crippen LogP contribution is 2.20. The molecule has 0 radical (unpaired) electrons. The van der Waals surface area contributed by atoms with E-state index >= 15 is 0 Å². The third-order valence-corrected chi connectivity index (χ3v) is 4.43. The van der Waals surface area contributed by atoms with Crippen LogP contribution in [0.3, 0.4) is 0 Å². The number of hydrogen-bond acceptors (Lipinski definition) is 4.